The fraction of sp³-hybridized carbons (Fsp3) is 0.100. The molecule has 0 saturated heterocycles. The fourth-order valence-electron chi connectivity index (χ4n) is 1.03. The van der Waals surface area contributed by atoms with Crippen molar-refractivity contribution in [3.8, 4) is 0 Å². The number of halogens is 2. The van der Waals surface area contributed by atoms with Crippen LogP contribution in [0, 0.1) is 6.92 Å². The SMILES string of the molecule is Cc1ccccc1C(=O)C=C(Cl)Cl. The fourth-order valence-corrected chi connectivity index (χ4v) is 1.22. The highest BCUT2D eigenvalue weighted by Gasteiger charge is 2.05. The van der Waals surface area contributed by atoms with Gasteiger partial charge < -0.3 is 0 Å². The van der Waals surface area contributed by atoms with Crippen molar-refractivity contribution in [2.24, 2.45) is 0 Å². The lowest BCUT2D eigenvalue weighted by Crippen LogP contribution is -1.97. The van der Waals surface area contributed by atoms with Crippen LogP contribution in [0.25, 0.3) is 0 Å². The van der Waals surface area contributed by atoms with Crippen LogP contribution in [0.2, 0.25) is 0 Å². The van der Waals surface area contributed by atoms with Gasteiger partial charge in [0, 0.05) is 11.6 Å². The smallest absolute Gasteiger partial charge is 0.188 e. The summed E-state index contributed by atoms with van der Waals surface area (Å²) in [6.07, 6.45) is 1.20. The largest absolute Gasteiger partial charge is 0.289 e. The minimum absolute atomic E-state index is 0.0201. The summed E-state index contributed by atoms with van der Waals surface area (Å²) in [6.45, 7) is 1.86. The van der Waals surface area contributed by atoms with Crippen molar-refractivity contribution in [1.82, 2.24) is 0 Å². The first-order valence-electron chi connectivity index (χ1n) is 3.74. The number of carbonyl (C=O) groups excluding carboxylic acids is 1. The van der Waals surface area contributed by atoms with Crippen LogP contribution in [0.5, 0.6) is 0 Å². The average Bonchev–Trinajstić information content (AvgIpc) is 2.03. The van der Waals surface area contributed by atoms with Crippen LogP contribution in [0.15, 0.2) is 34.8 Å². The highest BCUT2D eigenvalue weighted by molar-refractivity contribution is 6.57. The second-order valence-corrected chi connectivity index (χ2v) is 3.62. The van der Waals surface area contributed by atoms with Crippen molar-refractivity contribution in [2.75, 3.05) is 0 Å². The van der Waals surface area contributed by atoms with Crippen LogP contribution < -0.4 is 0 Å². The van der Waals surface area contributed by atoms with Gasteiger partial charge in [-0.15, -0.1) is 0 Å². The van der Waals surface area contributed by atoms with E-state index in [4.69, 9.17) is 23.2 Å². The van der Waals surface area contributed by atoms with Gasteiger partial charge in [0.2, 0.25) is 0 Å². The summed E-state index contributed by atoms with van der Waals surface area (Å²) in [6, 6.07) is 7.28. The molecule has 1 aromatic carbocycles. The number of hydrogen-bond acceptors (Lipinski definition) is 1. The molecule has 0 aliphatic carbocycles. The zero-order chi connectivity index (χ0) is 9.84. The van der Waals surface area contributed by atoms with E-state index in [2.05, 4.69) is 0 Å². The topological polar surface area (TPSA) is 17.1 Å². The molecule has 0 aromatic heterocycles. The van der Waals surface area contributed by atoms with E-state index in [1.807, 2.05) is 19.1 Å². The molecule has 0 unspecified atom stereocenters. The number of aryl methyl sites for hydroxylation is 1. The second-order valence-electron chi connectivity index (χ2n) is 2.61. The molecule has 1 rings (SSSR count). The Kier molecular flexibility index (Phi) is 3.52. The summed E-state index contributed by atoms with van der Waals surface area (Å²) in [4.78, 5) is 11.4. The molecule has 1 nitrogen and oxygen atoms in total. The van der Waals surface area contributed by atoms with Crippen LogP contribution >= 0.6 is 23.2 Å². The molecule has 0 bridgehead atoms. The van der Waals surface area contributed by atoms with Crippen molar-refractivity contribution in [3.63, 3.8) is 0 Å². The molecule has 0 atom stereocenters. The van der Waals surface area contributed by atoms with Crippen molar-refractivity contribution in [1.29, 1.82) is 0 Å². The lowest BCUT2D eigenvalue weighted by molar-refractivity contribution is 0.104. The highest BCUT2D eigenvalue weighted by Crippen LogP contribution is 2.12. The number of ketones is 1. The Morgan fingerprint density at radius 2 is 1.92 bits per heavy atom. The van der Waals surface area contributed by atoms with Gasteiger partial charge in [-0.2, -0.15) is 0 Å². The Morgan fingerprint density at radius 3 is 2.46 bits per heavy atom. The zero-order valence-corrected chi connectivity index (χ0v) is 8.56. The van der Waals surface area contributed by atoms with E-state index >= 15 is 0 Å². The van der Waals surface area contributed by atoms with E-state index in [0.717, 1.165) is 5.56 Å². The summed E-state index contributed by atoms with van der Waals surface area (Å²) in [7, 11) is 0. The molecule has 1 aromatic rings. The first kappa shape index (κ1) is 10.3. The van der Waals surface area contributed by atoms with Gasteiger partial charge in [0.05, 0.1) is 0 Å². The molecule has 0 N–H and O–H groups in total. The van der Waals surface area contributed by atoms with Crippen LogP contribution in [0.3, 0.4) is 0 Å². The Morgan fingerprint density at radius 1 is 1.31 bits per heavy atom. The van der Waals surface area contributed by atoms with Crippen molar-refractivity contribution in [2.45, 2.75) is 6.92 Å². The summed E-state index contributed by atoms with van der Waals surface area (Å²) in [5.41, 5.74) is 1.54. The maximum absolute atomic E-state index is 11.4. The third-order valence-electron chi connectivity index (χ3n) is 1.65. The number of hydrogen-bond donors (Lipinski definition) is 0. The van der Waals surface area contributed by atoms with Crippen molar-refractivity contribution < 1.29 is 4.79 Å². The molecule has 0 aliphatic rings. The minimum Gasteiger partial charge on any atom is -0.289 e. The van der Waals surface area contributed by atoms with E-state index in [1.54, 1.807) is 12.1 Å². The molecule has 0 fully saturated rings. The van der Waals surface area contributed by atoms with Gasteiger partial charge in [0.1, 0.15) is 4.49 Å². The van der Waals surface area contributed by atoms with Gasteiger partial charge in [-0.3, -0.25) is 4.79 Å². The normalized spacial score (nSPS) is 9.46. The van der Waals surface area contributed by atoms with E-state index in [-0.39, 0.29) is 10.3 Å². The standard InChI is InChI=1S/C10H8Cl2O/c1-7-4-2-3-5-8(7)9(13)6-10(11)12/h2-6H,1H3. The van der Waals surface area contributed by atoms with E-state index in [1.165, 1.54) is 6.08 Å². The van der Waals surface area contributed by atoms with Crippen molar-refractivity contribution in [3.05, 3.63) is 46.0 Å². The van der Waals surface area contributed by atoms with E-state index < -0.39 is 0 Å². The Hall–Kier alpha value is -0.790. The molecule has 13 heavy (non-hydrogen) atoms. The van der Waals surface area contributed by atoms with Gasteiger partial charge in [0.15, 0.2) is 5.78 Å². The molecular formula is C10H8Cl2O. The maximum atomic E-state index is 11.4. The van der Waals surface area contributed by atoms with E-state index in [9.17, 15) is 4.79 Å². The summed E-state index contributed by atoms with van der Waals surface area (Å²) in [5, 5.41) is 0. The molecule has 0 heterocycles. The Bertz CT molecular complexity index is 352. The quantitative estimate of drug-likeness (QED) is 0.545. The van der Waals surface area contributed by atoms with Gasteiger partial charge in [0.25, 0.3) is 0 Å². The van der Waals surface area contributed by atoms with Gasteiger partial charge in [-0.05, 0) is 12.5 Å². The third-order valence-corrected chi connectivity index (χ3v) is 1.87. The van der Waals surface area contributed by atoms with Crippen molar-refractivity contribution >= 4 is 29.0 Å². The molecule has 0 radical (unpaired) electrons. The number of rotatable bonds is 2. The predicted molar refractivity (Wildman–Crippen MR) is 55.3 cm³/mol. The first-order valence-corrected chi connectivity index (χ1v) is 4.49. The molecule has 0 aliphatic heterocycles. The lowest BCUT2D eigenvalue weighted by atomic mass is 10.1. The Labute approximate surface area is 87.0 Å². The van der Waals surface area contributed by atoms with Crippen LogP contribution in [0.1, 0.15) is 15.9 Å². The molecule has 0 saturated carbocycles. The van der Waals surface area contributed by atoms with Gasteiger partial charge in [-0.1, -0.05) is 47.5 Å². The van der Waals surface area contributed by atoms with Crippen LogP contribution in [-0.4, -0.2) is 5.78 Å². The lowest BCUT2D eigenvalue weighted by Gasteiger charge is -1.99. The summed E-state index contributed by atoms with van der Waals surface area (Å²) < 4.78 is -0.0201. The van der Waals surface area contributed by atoms with E-state index in [0.29, 0.717) is 5.56 Å². The molecule has 0 amide bonds. The molecular weight excluding hydrogens is 207 g/mol. The molecule has 0 spiro atoms. The number of benzene rings is 1. The summed E-state index contributed by atoms with van der Waals surface area (Å²) >= 11 is 10.8. The summed E-state index contributed by atoms with van der Waals surface area (Å²) in [5.74, 6) is -0.168. The highest BCUT2D eigenvalue weighted by atomic mass is 35.5. The first-order chi connectivity index (χ1) is 6.11. The molecule has 68 valence electrons. The maximum Gasteiger partial charge on any atom is 0.188 e. The number of allylic oxidation sites excluding steroid dienone is 1. The van der Waals surface area contributed by atoms with Gasteiger partial charge in [-0.25, -0.2) is 0 Å². The third kappa shape index (κ3) is 2.87. The van der Waals surface area contributed by atoms with Crippen LogP contribution in [-0.2, 0) is 0 Å². The number of carbonyl (C=O) groups is 1. The predicted octanol–water partition coefficient (Wildman–Crippen LogP) is 3.50. The average molecular weight is 215 g/mol. The molecule has 3 heteroatoms. The van der Waals surface area contributed by atoms with Crippen LogP contribution in [0.4, 0.5) is 0 Å². The Balaban J connectivity index is 3.03. The zero-order valence-electron chi connectivity index (χ0n) is 7.05. The minimum atomic E-state index is -0.168. The van der Waals surface area contributed by atoms with Gasteiger partial charge >= 0.3 is 0 Å². The second kappa shape index (κ2) is 4.45. The monoisotopic (exact) mass is 214 g/mol.